The van der Waals surface area contributed by atoms with E-state index < -0.39 is 5.60 Å². The third-order valence-electron chi connectivity index (χ3n) is 1.81. The maximum absolute atomic E-state index is 11.6. The summed E-state index contributed by atoms with van der Waals surface area (Å²) in [6.45, 7) is 5.52. The second-order valence-electron chi connectivity index (χ2n) is 4.55. The number of rotatable bonds is 3. The summed E-state index contributed by atoms with van der Waals surface area (Å²) in [5, 5.41) is 0.937. The van der Waals surface area contributed by atoms with Gasteiger partial charge in [0.05, 0.1) is 5.69 Å². The molecule has 1 aromatic rings. The van der Waals surface area contributed by atoms with Gasteiger partial charge < -0.3 is 4.74 Å². The predicted octanol–water partition coefficient (Wildman–Crippen LogP) is 2.99. The van der Waals surface area contributed by atoms with Crippen molar-refractivity contribution in [3.8, 4) is 0 Å². The number of halogens is 1. The molecule has 0 saturated heterocycles. The van der Waals surface area contributed by atoms with Gasteiger partial charge >= 0.3 is 6.09 Å². The van der Waals surface area contributed by atoms with Crippen LogP contribution in [0.25, 0.3) is 0 Å². The monoisotopic (exact) mass is 288 g/mol. The minimum atomic E-state index is -0.475. The predicted molar refractivity (Wildman–Crippen MR) is 66.0 cm³/mol. The molecule has 0 aliphatic heterocycles. The van der Waals surface area contributed by atoms with Gasteiger partial charge in [0.1, 0.15) is 11.9 Å². The average Bonchev–Trinajstić information content (AvgIpc) is 2.60. The molecule has 1 heterocycles. The van der Waals surface area contributed by atoms with Gasteiger partial charge in [-0.05, 0) is 33.6 Å². The number of hydrogen-bond donors (Lipinski definition) is 0. The Hall–Kier alpha value is -0.840. The smallest absolute Gasteiger partial charge is 0.419 e. The van der Waals surface area contributed by atoms with E-state index in [1.165, 1.54) is 10.9 Å². The minimum absolute atomic E-state index is 0.384. The molecular formula is C11H17BrN2O2. The standard InChI is InChI=1S/C11H17BrN2O2/c1-11(2,3)16-10(15)14-7-9(13-8-14)5-4-6-12/h7-8H,4-6H2,1-3H3. The molecule has 0 bridgehead atoms. The van der Waals surface area contributed by atoms with Crippen molar-refractivity contribution in [3.63, 3.8) is 0 Å². The Morgan fingerprint density at radius 3 is 2.81 bits per heavy atom. The summed E-state index contributed by atoms with van der Waals surface area (Å²) in [7, 11) is 0. The highest BCUT2D eigenvalue weighted by Gasteiger charge is 2.17. The SMILES string of the molecule is CC(C)(C)OC(=O)n1cnc(CCCBr)c1. The number of imidazole rings is 1. The van der Waals surface area contributed by atoms with Gasteiger partial charge in [-0.2, -0.15) is 0 Å². The van der Waals surface area contributed by atoms with Crippen molar-refractivity contribution in [1.82, 2.24) is 9.55 Å². The fourth-order valence-electron chi connectivity index (χ4n) is 1.16. The van der Waals surface area contributed by atoms with Crippen LogP contribution in [0.2, 0.25) is 0 Å². The zero-order chi connectivity index (χ0) is 12.2. The summed E-state index contributed by atoms with van der Waals surface area (Å²) < 4.78 is 6.60. The highest BCUT2D eigenvalue weighted by Crippen LogP contribution is 2.09. The molecule has 0 unspecified atom stereocenters. The molecular weight excluding hydrogens is 272 g/mol. The second-order valence-corrected chi connectivity index (χ2v) is 5.34. The lowest BCUT2D eigenvalue weighted by Crippen LogP contribution is -2.26. The first-order chi connectivity index (χ1) is 7.42. The van der Waals surface area contributed by atoms with Gasteiger partial charge in [0.2, 0.25) is 0 Å². The van der Waals surface area contributed by atoms with Crippen molar-refractivity contribution in [1.29, 1.82) is 0 Å². The molecule has 0 aromatic carbocycles. The number of carbonyl (C=O) groups is 1. The number of aromatic nitrogens is 2. The molecule has 0 aliphatic carbocycles. The Labute approximate surface area is 104 Å². The molecule has 0 N–H and O–H groups in total. The number of alkyl halides is 1. The molecule has 5 heteroatoms. The van der Waals surface area contributed by atoms with Crippen LogP contribution in [0.1, 0.15) is 32.9 Å². The highest BCUT2D eigenvalue weighted by atomic mass is 79.9. The van der Waals surface area contributed by atoms with Crippen LogP contribution >= 0.6 is 15.9 Å². The van der Waals surface area contributed by atoms with Crippen molar-refractivity contribution in [3.05, 3.63) is 18.2 Å². The molecule has 0 saturated carbocycles. The number of ether oxygens (including phenoxy) is 1. The average molecular weight is 289 g/mol. The Bertz CT molecular complexity index is 355. The van der Waals surface area contributed by atoms with E-state index >= 15 is 0 Å². The Balaban J connectivity index is 2.60. The molecule has 0 aliphatic rings. The van der Waals surface area contributed by atoms with Crippen LogP contribution in [0.3, 0.4) is 0 Å². The molecule has 0 spiro atoms. The van der Waals surface area contributed by atoms with Gasteiger partial charge in [-0.15, -0.1) is 0 Å². The zero-order valence-electron chi connectivity index (χ0n) is 9.86. The first-order valence-corrected chi connectivity index (χ1v) is 6.37. The van der Waals surface area contributed by atoms with E-state index in [0.717, 1.165) is 23.9 Å². The molecule has 90 valence electrons. The fourth-order valence-corrected chi connectivity index (χ4v) is 1.44. The summed E-state index contributed by atoms with van der Waals surface area (Å²) in [5.41, 5.74) is 0.433. The molecule has 1 aromatic heterocycles. The maximum Gasteiger partial charge on any atom is 0.419 e. The van der Waals surface area contributed by atoms with Gasteiger partial charge in [0.25, 0.3) is 0 Å². The Morgan fingerprint density at radius 1 is 1.56 bits per heavy atom. The van der Waals surface area contributed by atoms with E-state index in [2.05, 4.69) is 20.9 Å². The number of hydrogen-bond acceptors (Lipinski definition) is 3. The lowest BCUT2D eigenvalue weighted by molar-refractivity contribution is 0.0536. The van der Waals surface area contributed by atoms with Crippen LogP contribution < -0.4 is 0 Å². The highest BCUT2D eigenvalue weighted by molar-refractivity contribution is 9.09. The molecule has 16 heavy (non-hydrogen) atoms. The van der Waals surface area contributed by atoms with Crippen molar-refractivity contribution < 1.29 is 9.53 Å². The van der Waals surface area contributed by atoms with E-state index in [1.807, 2.05) is 20.8 Å². The van der Waals surface area contributed by atoms with Crippen molar-refractivity contribution in [2.24, 2.45) is 0 Å². The first-order valence-electron chi connectivity index (χ1n) is 5.24. The molecule has 0 radical (unpaired) electrons. The van der Waals surface area contributed by atoms with Crippen LogP contribution in [0.15, 0.2) is 12.5 Å². The lowest BCUT2D eigenvalue weighted by atomic mass is 10.2. The van der Waals surface area contributed by atoms with Crippen molar-refractivity contribution in [2.75, 3.05) is 5.33 Å². The summed E-state index contributed by atoms with van der Waals surface area (Å²) >= 11 is 3.36. The lowest BCUT2D eigenvalue weighted by Gasteiger charge is -2.19. The van der Waals surface area contributed by atoms with Crippen LogP contribution in [0.4, 0.5) is 4.79 Å². The van der Waals surface area contributed by atoms with Gasteiger partial charge in [0.15, 0.2) is 0 Å². The fraction of sp³-hybridized carbons (Fsp3) is 0.636. The quantitative estimate of drug-likeness (QED) is 0.803. The zero-order valence-corrected chi connectivity index (χ0v) is 11.5. The maximum atomic E-state index is 11.6. The van der Waals surface area contributed by atoms with Gasteiger partial charge in [-0.1, -0.05) is 15.9 Å². The van der Waals surface area contributed by atoms with E-state index in [4.69, 9.17) is 4.74 Å². The van der Waals surface area contributed by atoms with Crippen LogP contribution in [0, 0.1) is 0 Å². The molecule has 4 nitrogen and oxygen atoms in total. The molecule has 0 amide bonds. The van der Waals surface area contributed by atoms with E-state index in [9.17, 15) is 4.79 Å². The first kappa shape index (κ1) is 13.2. The van der Waals surface area contributed by atoms with Gasteiger partial charge in [0, 0.05) is 11.5 Å². The summed E-state index contributed by atoms with van der Waals surface area (Å²) in [6, 6.07) is 0. The molecule has 0 fully saturated rings. The van der Waals surface area contributed by atoms with E-state index in [0.29, 0.717) is 0 Å². The Kier molecular flexibility index (Phi) is 4.53. The van der Waals surface area contributed by atoms with E-state index in [1.54, 1.807) is 6.20 Å². The third-order valence-corrected chi connectivity index (χ3v) is 2.37. The molecule has 1 rings (SSSR count). The summed E-state index contributed by atoms with van der Waals surface area (Å²) in [4.78, 5) is 15.8. The van der Waals surface area contributed by atoms with Crippen LogP contribution in [0.5, 0.6) is 0 Å². The Morgan fingerprint density at radius 2 is 2.25 bits per heavy atom. The van der Waals surface area contributed by atoms with Gasteiger partial charge in [-0.3, -0.25) is 0 Å². The number of aryl methyl sites for hydroxylation is 1. The van der Waals surface area contributed by atoms with Crippen molar-refractivity contribution in [2.45, 2.75) is 39.2 Å². The van der Waals surface area contributed by atoms with Crippen molar-refractivity contribution >= 4 is 22.0 Å². The van der Waals surface area contributed by atoms with Gasteiger partial charge in [-0.25, -0.2) is 14.3 Å². The topological polar surface area (TPSA) is 44.1 Å². The summed E-state index contributed by atoms with van der Waals surface area (Å²) in [6.07, 6.45) is 4.70. The van der Waals surface area contributed by atoms with Crippen LogP contribution in [-0.2, 0) is 11.2 Å². The summed E-state index contributed by atoms with van der Waals surface area (Å²) in [5.74, 6) is 0. The molecule has 0 atom stereocenters. The number of carbonyl (C=O) groups excluding carboxylic acids is 1. The third kappa shape index (κ3) is 4.35. The second kappa shape index (κ2) is 5.48. The van der Waals surface area contributed by atoms with E-state index in [-0.39, 0.29) is 6.09 Å². The normalized spacial score (nSPS) is 11.5. The van der Waals surface area contributed by atoms with Crippen LogP contribution in [-0.4, -0.2) is 26.6 Å². The largest absolute Gasteiger partial charge is 0.443 e. The minimum Gasteiger partial charge on any atom is -0.443 e. The number of nitrogens with zero attached hydrogens (tertiary/aromatic N) is 2.